The predicted molar refractivity (Wildman–Crippen MR) is 96.7 cm³/mol. The molecule has 0 fully saturated rings. The van der Waals surface area contributed by atoms with Crippen LogP contribution in [0.4, 0.5) is 24.0 Å². The van der Waals surface area contributed by atoms with E-state index in [1.807, 2.05) is 0 Å². The zero-order chi connectivity index (χ0) is 17.8. The molecule has 0 amide bonds. The van der Waals surface area contributed by atoms with Crippen molar-refractivity contribution in [2.24, 2.45) is 0 Å². The van der Waals surface area contributed by atoms with Crippen LogP contribution in [0.1, 0.15) is 5.56 Å². The van der Waals surface area contributed by atoms with Crippen LogP contribution in [0.15, 0.2) is 47.5 Å². The Kier molecular flexibility index (Phi) is 5.72. The van der Waals surface area contributed by atoms with Gasteiger partial charge in [-0.1, -0.05) is 41.1 Å². The maximum Gasteiger partial charge on any atom is 0.198 e. The average molecular weight is 402 g/mol. The van der Waals surface area contributed by atoms with Gasteiger partial charge in [-0.3, -0.25) is 0 Å². The van der Waals surface area contributed by atoms with Crippen LogP contribution in [-0.4, -0.2) is 4.98 Å². The maximum atomic E-state index is 14.2. The van der Waals surface area contributed by atoms with E-state index in [1.165, 1.54) is 18.2 Å². The van der Waals surface area contributed by atoms with Gasteiger partial charge in [0.2, 0.25) is 0 Å². The van der Waals surface area contributed by atoms with Crippen LogP contribution in [0.5, 0.6) is 0 Å². The van der Waals surface area contributed by atoms with Crippen LogP contribution >= 0.6 is 34.9 Å². The molecule has 1 aromatic heterocycles. The monoisotopic (exact) mass is 401 g/mol. The Hall–Kier alpha value is -1.90. The minimum Gasteiger partial charge on any atom is -0.380 e. The van der Waals surface area contributed by atoms with Crippen LogP contribution in [0.3, 0.4) is 0 Å². The van der Waals surface area contributed by atoms with Crippen molar-refractivity contribution in [1.29, 1.82) is 0 Å². The molecular weight excluding hydrogens is 391 g/mol. The van der Waals surface area contributed by atoms with E-state index in [0.29, 0.717) is 16.4 Å². The summed E-state index contributed by atoms with van der Waals surface area (Å²) in [6.45, 7) is 0.176. The van der Waals surface area contributed by atoms with Gasteiger partial charge in [0.25, 0.3) is 0 Å². The number of hydrogen-bond donors (Lipinski definition) is 2. The molecule has 2 N–H and O–H groups in total. The number of benzene rings is 2. The Morgan fingerprint density at radius 2 is 1.92 bits per heavy atom. The van der Waals surface area contributed by atoms with E-state index >= 15 is 0 Å². The van der Waals surface area contributed by atoms with Crippen molar-refractivity contribution in [1.82, 2.24) is 4.98 Å². The van der Waals surface area contributed by atoms with Crippen LogP contribution in [0.25, 0.3) is 0 Å². The van der Waals surface area contributed by atoms with Gasteiger partial charge in [-0.2, -0.15) is 4.39 Å². The Labute approximate surface area is 155 Å². The summed E-state index contributed by atoms with van der Waals surface area (Å²) in [5, 5.41) is 3.08. The molecule has 0 aliphatic carbocycles. The molecule has 0 atom stereocenters. The third-order valence-corrected chi connectivity index (χ3v) is 5.15. The predicted octanol–water partition coefficient (Wildman–Crippen LogP) is 5.95. The summed E-state index contributed by atoms with van der Waals surface area (Å²) in [5.41, 5.74) is 0.803. The van der Waals surface area contributed by atoms with Crippen molar-refractivity contribution in [3.05, 3.63) is 69.9 Å². The standard InChI is InChI=1S/C16H11ClF3N3S2/c17-10-5-14(25-23-16-22-8-15(20)24-16)12(19)6-13(10)21-7-9-3-1-2-4-11(9)18/h1-6,8,21H,7H2,(H,22,23). The lowest BCUT2D eigenvalue weighted by Gasteiger charge is -2.11. The van der Waals surface area contributed by atoms with Gasteiger partial charge in [-0.25, -0.2) is 13.8 Å². The molecule has 25 heavy (non-hydrogen) atoms. The Morgan fingerprint density at radius 3 is 2.64 bits per heavy atom. The third-order valence-electron chi connectivity index (χ3n) is 3.17. The lowest BCUT2D eigenvalue weighted by Crippen LogP contribution is -2.03. The summed E-state index contributed by atoms with van der Waals surface area (Å²) in [6.07, 6.45) is 1.08. The van der Waals surface area contributed by atoms with Crippen molar-refractivity contribution in [3.63, 3.8) is 0 Å². The molecule has 0 unspecified atom stereocenters. The normalized spacial score (nSPS) is 10.7. The second kappa shape index (κ2) is 7.99. The molecule has 3 rings (SSSR count). The molecule has 0 radical (unpaired) electrons. The van der Waals surface area contributed by atoms with Crippen molar-refractivity contribution >= 4 is 45.7 Å². The minimum atomic E-state index is -0.519. The molecular formula is C16H11ClF3N3S2. The zero-order valence-electron chi connectivity index (χ0n) is 12.5. The molecule has 0 saturated heterocycles. The fourth-order valence-corrected chi connectivity index (χ4v) is 3.54. The fraction of sp³-hybridized carbons (Fsp3) is 0.0625. The van der Waals surface area contributed by atoms with Crippen molar-refractivity contribution in [2.75, 3.05) is 10.0 Å². The smallest absolute Gasteiger partial charge is 0.198 e. The summed E-state index contributed by atoms with van der Waals surface area (Å²) in [4.78, 5) is 4.01. The summed E-state index contributed by atoms with van der Waals surface area (Å²) in [7, 11) is 0. The molecule has 0 aliphatic heterocycles. The highest BCUT2D eigenvalue weighted by molar-refractivity contribution is 8.00. The molecule has 9 heteroatoms. The Morgan fingerprint density at radius 1 is 1.12 bits per heavy atom. The maximum absolute atomic E-state index is 14.2. The summed E-state index contributed by atoms with van der Waals surface area (Å²) in [6, 6.07) is 8.96. The van der Waals surface area contributed by atoms with Gasteiger partial charge in [0.15, 0.2) is 10.3 Å². The molecule has 130 valence electrons. The minimum absolute atomic E-state index is 0.176. The van der Waals surface area contributed by atoms with E-state index in [-0.39, 0.29) is 22.3 Å². The molecule has 0 bridgehead atoms. The topological polar surface area (TPSA) is 37.0 Å². The first-order valence-corrected chi connectivity index (χ1v) is 9.04. The number of hydrogen-bond acceptors (Lipinski definition) is 5. The second-order valence-corrected chi connectivity index (χ2v) is 7.12. The van der Waals surface area contributed by atoms with E-state index < -0.39 is 10.9 Å². The van der Waals surface area contributed by atoms with Crippen LogP contribution in [-0.2, 0) is 6.54 Å². The van der Waals surface area contributed by atoms with Gasteiger partial charge in [-0.05, 0) is 30.1 Å². The summed E-state index contributed by atoms with van der Waals surface area (Å²) in [5.74, 6) is -0.867. The van der Waals surface area contributed by atoms with Crippen molar-refractivity contribution in [2.45, 2.75) is 11.4 Å². The van der Waals surface area contributed by atoms with E-state index in [2.05, 4.69) is 15.0 Å². The fourth-order valence-electron chi connectivity index (χ4n) is 1.97. The SMILES string of the molecule is Fc1cnc(NSc2cc(Cl)c(NCc3ccccc3F)cc2F)s1. The first kappa shape index (κ1) is 17.9. The van der Waals surface area contributed by atoms with Gasteiger partial charge in [0.05, 0.1) is 21.8 Å². The number of halogens is 4. The average Bonchev–Trinajstić information content (AvgIpc) is 3.00. The van der Waals surface area contributed by atoms with Crippen LogP contribution < -0.4 is 10.0 Å². The highest BCUT2D eigenvalue weighted by Gasteiger charge is 2.11. The molecule has 1 heterocycles. The number of rotatable bonds is 6. The first-order chi connectivity index (χ1) is 12.0. The highest BCUT2D eigenvalue weighted by Crippen LogP contribution is 2.32. The van der Waals surface area contributed by atoms with Crippen molar-refractivity contribution in [3.8, 4) is 0 Å². The highest BCUT2D eigenvalue weighted by atomic mass is 35.5. The van der Waals surface area contributed by atoms with Gasteiger partial charge < -0.3 is 10.0 Å². The van der Waals surface area contributed by atoms with Crippen LogP contribution in [0, 0.1) is 16.8 Å². The van der Waals surface area contributed by atoms with Gasteiger partial charge >= 0.3 is 0 Å². The Balaban J connectivity index is 1.68. The number of nitrogens with one attached hydrogen (secondary N) is 2. The molecule has 0 spiro atoms. The van der Waals surface area contributed by atoms with E-state index in [4.69, 9.17) is 11.6 Å². The Bertz CT molecular complexity index is 889. The summed E-state index contributed by atoms with van der Waals surface area (Å²) >= 11 is 7.91. The van der Waals surface area contributed by atoms with Gasteiger partial charge in [-0.15, -0.1) is 0 Å². The first-order valence-electron chi connectivity index (χ1n) is 7.03. The van der Waals surface area contributed by atoms with Crippen LogP contribution in [0.2, 0.25) is 5.02 Å². The largest absolute Gasteiger partial charge is 0.380 e. The molecule has 0 aliphatic rings. The molecule has 0 saturated carbocycles. The lowest BCUT2D eigenvalue weighted by molar-refractivity contribution is 0.602. The third kappa shape index (κ3) is 4.59. The molecule has 3 nitrogen and oxygen atoms in total. The number of thiazole rings is 1. The second-order valence-electron chi connectivity index (χ2n) is 4.88. The molecule has 2 aromatic carbocycles. The number of nitrogens with zero attached hydrogens (tertiary/aromatic N) is 1. The van der Waals surface area contributed by atoms with E-state index in [1.54, 1.807) is 18.2 Å². The number of anilines is 2. The van der Waals surface area contributed by atoms with Gasteiger partial charge in [0, 0.05) is 12.1 Å². The zero-order valence-corrected chi connectivity index (χ0v) is 14.9. The van der Waals surface area contributed by atoms with Crippen molar-refractivity contribution < 1.29 is 13.2 Å². The van der Waals surface area contributed by atoms with E-state index in [0.717, 1.165) is 29.5 Å². The summed E-state index contributed by atoms with van der Waals surface area (Å²) < 4.78 is 43.5. The molecule has 3 aromatic rings. The van der Waals surface area contributed by atoms with E-state index in [9.17, 15) is 13.2 Å². The quantitative estimate of drug-likeness (QED) is 0.501. The lowest BCUT2D eigenvalue weighted by atomic mass is 10.2. The number of aromatic nitrogens is 1. The van der Waals surface area contributed by atoms with Gasteiger partial charge in [0.1, 0.15) is 11.6 Å².